The minimum atomic E-state index is -0.293. The maximum atomic E-state index is 13.0. The van der Waals surface area contributed by atoms with Crippen molar-refractivity contribution in [1.82, 2.24) is 25.1 Å². The number of nitrogens with zero attached hydrogens (tertiary/aromatic N) is 5. The Balaban J connectivity index is 1.41. The molecule has 0 aliphatic carbocycles. The molecule has 1 aliphatic heterocycles. The topological polar surface area (TPSA) is 63.9 Å². The fourth-order valence-electron chi connectivity index (χ4n) is 3.25. The van der Waals surface area contributed by atoms with Crippen LogP contribution in [0.2, 0.25) is 0 Å². The lowest BCUT2D eigenvalue weighted by Gasteiger charge is -2.24. The molecule has 1 atom stereocenters. The zero-order chi connectivity index (χ0) is 17.9. The molecule has 1 amide bonds. The Hall–Kier alpha value is -2.61. The Morgan fingerprint density at radius 2 is 2.12 bits per heavy atom. The first-order valence-electron chi connectivity index (χ1n) is 8.54. The summed E-state index contributed by atoms with van der Waals surface area (Å²) < 4.78 is 13.0. The Kier molecular flexibility index (Phi) is 4.75. The summed E-state index contributed by atoms with van der Waals surface area (Å²) in [4.78, 5) is 17.1. The smallest absolute Gasteiger partial charge is 0.227 e. The highest BCUT2D eigenvalue weighted by Crippen LogP contribution is 2.22. The molecule has 6 nitrogen and oxygen atoms in total. The van der Waals surface area contributed by atoms with E-state index < -0.39 is 0 Å². The Bertz CT molecular complexity index is 877. The van der Waals surface area contributed by atoms with E-state index in [-0.39, 0.29) is 24.2 Å². The van der Waals surface area contributed by atoms with Crippen LogP contribution in [0.1, 0.15) is 18.4 Å². The summed E-state index contributed by atoms with van der Waals surface area (Å²) in [6.07, 6.45) is 2.17. The molecule has 0 bridgehead atoms. The van der Waals surface area contributed by atoms with Crippen LogP contribution in [0, 0.1) is 5.82 Å². The summed E-state index contributed by atoms with van der Waals surface area (Å²) in [6.45, 7) is 1.27. The van der Waals surface area contributed by atoms with Crippen molar-refractivity contribution in [1.29, 1.82) is 0 Å². The number of carbonyl (C=O) groups excluding carboxylic acids is 1. The van der Waals surface area contributed by atoms with Gasteiger partial charge in [0, 0.05) is 6.54 Å². The standard InChI is InChI=1S/C18H18FN5OS/c19-14-7-5-13(6-8-14)11-17(25)23-9-1-3-15(23)12-24-21-18(20-22-24)16-4-2-10-26-16/h2,4-8,10,15H,1,3,9,11-12H2/t15-/m1/s1. The van der Waals surface area contributed by atoms with Crippen LogP contribution in [-0.4, -0.2) is 43.6 Å². The summed E-state index contributed by atoms with van der Waals surface area (Å²) in [5, 5.41) is 14.6. The van der Waals surface area contributed by atoms with Gasteiger partial charge < -0.3 is 4.90 Å². The SMILES string of the molecule is O=C(Cc1ccc(F)cc1)N1CCC[C@@H]1Cn1nnc(-c2cccs2)n1. The molecule has 8 heteroatoms. The number of aromatic nitrogens is 4. The number of amides is 1. The molecule has 0 radical (unpaired) electrons. The normalized spacial score (nSPS) is 17.0. The average molecular weight is 371 g/mol. The van der Waals surface area contributed by atoms with E-state index in [9.17, 15) is 9.18 Å². The molecule has 3 heterocycles. The molecule has 0 saturated carbocycles. The minimum absolute atomic E-state index is 0.0534. The number of tetrazole rings is 1. The van der Waals surface area contributed by atoms with Crippen LogP contribution < -0.4 is 0 Å². The highest BCUT2D eigenvalue weighted by Gasteiger charge is 2.29. The third kappa shape index (κ3) is 3.65. The van der Waals surface area contributed by atoms with Crippen molar-refractivity contribution >= 4 is 17.2 Å². The summed E-state index contributed by atoms with van der Waals surface area (Å²) in [7, 11) is 0. The molecule has 1 saturated heterocycles. The molecule has 26 heavy (non-hydrogen) atoms. The summed E-state index contributed by atoms with van der Waals surface area (Å²) in [5.41, 5.74) is 0.820. The first kappa shape index (κ1) is 16.8. The number of hydrogen-bond acceptors (Lipinski definition) is 5. The van der Waals surface area contributed by atoms with Gasteiger partial charge in [-0.1, -0.05) is 18.2 Å². The molecule has 1 fully saturated rings. The van der Waals surface area contributed by atoms with Crippen LogP contribution in [0.15, 0.2) is 41.8 Å². The van der Waals surface area contributed by atoms with Crippen LogP contribution in [-0.2, 0) is 17.8 Å². The van der Waals surface area contributed by atoms with E-state index in [1.54, 1.807) is 28.3 Å². The van der Waals surface area contributed by atoms with Crippen molar-refractivity contribution in [2.45, 2.75) is 31.8 Å². The van der Waals surface area contributed by atoms with E-state index in [2.05, 4.69) is 15.4 Å². The van der Waals surface area contributed by atoms with Gasteiger partial charge in [0.2, 0.25) is 11.7 Å². The Morgan fingerprint density at radius 3 is 2.88 bits per heavy atom. The second-order valence-electron chi connectivity index (χ2n) is 6.33. The molecular weight excluding hydrogens is 353 g/mol. The molecule has 134 valence electrons. The van der Waals surface area contributed by atoms with Gasteiger partial charge >= 0.3 is 0 Å². The number of benzene rings is 1. The van der Waals surface area contributed by atoms with Gasteiger partial charge in [0.1, 0.15) is 5.82 Å². The predicted molar refractivity (Wildman–Crippen MR) is 96.0 cm³/mol. The van der Waals surface area contributed by atoms with Crippen molar-refractivity contribution in [3.63, 3.8) is 0 Å². The van der Waals surface area contributed by atoms with Crippen LogP contribution in [0.4, 0.5) is 4.39 Å². The zero-order valence-electron chi connectivity index (χ0n) is 14.1. The third-order valence-electron chi connectivity index (χ3n) is 4.53. The maximum absolute atomic E-state index is 13.0. The van der Waals surface area contributed by atoms with E-state index in [1.807, 2.05) is 22.4 Å². The van der Waals surface area contributed by atoms with Crippen LogP contribution in [0.3, 0.4) is 0 Å². The molecule has 1 aliphatic rings. The quantitative estimate of drug-likeness (QED) is 0.692. The number of rotatable bonds is 5. The summed E-state index contributed by atoms with van der Waals surface area (Å²) in [6, 6.07) is 10.1. The second-order valence-corrected chi connectivity index (χ2v) is 7.28. The number of halogens is 1. The van der Waals surface area contributed by atoms with E-state index >= 15 is 0 Å². The molecule has 1 aromatic carbocycles. The number of hydrogen-bond donors (Lipinski definition) is 0. The summed E-state index contributed by atoms with van der Waals surface area (Å²) >= 11 is 1.57. The van der Waals surface area contributed by atoms with Gasteiger partial charge in [-0.2, -0.15) is 4.80 Å². The Morgan fingerprint density at radius 1 is 1.27 bits per heavy atom. The van der Waals surface area contributed by atoms with E-state index in [0.29, 0.717) is 12.4 Å². The van der Waals surface area contributed by atoms with Crippen LogP contribution in [0.5, 0.6) is 0 Å². The van der Waals surface area contributed by atoms with E-state index in [1.165, 1.54) is 12.1 Å². The lowest BCUT2D eigenvalue weighted by atomic mass is 10.1. The van der Waals surface area contributed by atoms with Gasteiger partial charge in [-0.15, -0.1) is 21.5 Å². The van der Waals surface area contributed by atoms with Crippen molar-refractivity contribution in [3.05, 3.63) is 53.2 Å². The first-order chi connectivity index (χ1) is 12.7. The van der Waals surface area contributed by atoms with Gasteiger partial charge in [-0.05, 0) is 47.2 Å². The van der Waals surface area contributed by atoms with Crippen molar-refractivity contribution in [2.24, 2.45) is 0 Å². The molecule has 3 aromatic rings. The fraction of sp³-hybridized carbons (Fsp3) is 0.333. The van der Waals surface area contributed by atoms with Crippen LogP contribution >= 0.6 is 11.3 Å². The van der Waals surface area contributed by atoms with Gasteiger partial charge in [-0.25, -0.2) is 4.39 Å². The molecule has 0 unspecified atom stereocenters. The average Bonchev–Trinajstić information content (AvgIpc) is 3.38. The monoisotopic (exact) mass is 371 g/mol. The molecule has 0 N–H and O–H groups in total. The predicted octanol–water partition coefficient (Wildman–Crippen LogP) is 2.77. The number of thiophene rings is 1. The lowest BCUT2D eigenvalue weighted by molar-refractivity contribution is -0.131. The maximum Gasteiger partial charge on any atom is 0.227 e. The minimum Gasteiger partial charge on any atom is -0.337 e. The lowest BCUT2D eigenvalue weighted by Crippen LogP contribution is -2.39. The highest BCUT2D eigenvalue weighted by molar-refractivity contribution is 7.13. The van der Waals surface area contributed by atoms with E-state index in [4.69, 9.17) is 0 Å². The van der Waals surface area contributed by atoms with Gasteiger partial charge in [0.05, 0.1) is 23.9 Å². The first-order valence-corrected chi connectivity index (χ1v) is 9.42. The largest absolute Gasteiger partial charge is 0.337 e. The molecule has 0 spiro atoms. The molecular formula is C18H18FN5OS. The fourth-order valence-corrected chi connectivity index (χ4v) is 3.89. The highest BCUT2D eigenvalue weighted by atomic mass is 32.1. The van der Waals surface area contributed by atoms with Gasteiger partial charge in [0.15, 0.2) is 0 Å². The number of carbonyl (C=O) groups is 1. The van der Waals surface area contributed by atoms with Crippen molar-refractivity contribution in [2.75, 3.05) is 6.54 Å². The third-order valence-corrected chi connectivity index (χ3v) is 5.40. The zero-order valence-corrected chi connectivity index (χ0v) is 14.9. The number of likely N-dealkylation sites (tertiary alicyclic amines) is 1. The second kappa shape index (κ2) is 7.33. The molecule has 4 rings (SSSR count). The van der Waals surface area contributed by atoms with Crippen molar-refractivity contribution in [3.8, 4) is 10.7 Å². The van der Waals surface area contributed by atoms with Crippen molar-refractivity contribution < 1.29 is 9.18 Å². The van der Waals surface area contributed by atoms with Gasteiger partial charge in [-0.3, -0.25) is 4.79 Å². The molecule has 2 aromatic heterocycles. The van der Waals surface area contributed by atoms with Gasteiger partial charge in [0.25, 0.3) is 0 Å². The summed E-state index contributed by atoms with van der Waals surface area (Å²) in [5.74, 6) is 0.374. The Labute approximate surface area is 154 Å². The van der Waals surface area contributed by atoms with Crippen LogP contribution in [0.25, 0.3) is 10.7 Å². The van der Waals surface area contributed by atoms with E-state index in [0.717, 1.165) is 29.8 Å².